The number of hydrogen-bond acceptors (Lipinski definition) is 2. The van der Waals surface area contributed by atoms with Crippen LogP contribution < -0.4 is 0 Å². The molecule has 0 amide bonds. The fourth-order valence-corrected chi connectivity index (χ4v) is 4.58. The first-order valence-corrected chi connectivity index (χ1v) is 11.0. The van der Waals surface area contributed by atoms with Crippen LogP contribution >= 0.6 is 0 Å². The highest BCUT2D eigenvalue weighted by Gasteiger charge is 2.29. The van der Waals surface area contributed by atoms with Crippen molar-refractivity contribution in [2.45, 2.75) is 98.1 Å². The van der Waals surface area contributed by atoms with E-state index in [0.29, 0.717) is 0 Å². The van der Waals surface area contributed by atoms with Crippen LogP contribution in [-0.4, -0.2) is 48.1 Å². The Hall–Kier alpha value is -0.0800. The Morgan fingerprint density at radius 1 is 0.792 bits per heavy atom. The van der Waals surface area contributed by atoms with Crippen molar-refractivity contribution >= 4 is 0 Å². The van der Waals surface area contributed by atoms with E-state index in [2.05, 4.69) is 44.4 Å². The first-order valence-electron chi connectivity index (χ1n) is 11.0. The predicted molar refractivity (Wildman–Crippen MR) is 106 cm³/mol. The molecular weight excluding hydrogens is 292 g/mol. The van der Waals surface area contributed by atoms with Crippen molar-refractivity contribution in [1.29, 1.82) is 0 Å². The monoisotopic (exact) mass is 336 g/mol. The molecule has 142 valence electrons. The summed E-state index contributed by atoms with van der Waals surface area (Å²) in [5.41, 5.74) is 0. The number of hydrogen-bond donors (Lipinski definition) is 0. The lowest BCUT2D eigenvalue weighted by Gasteiger charge is -2.42. The Morgan fingerprint density at radius 3 is 1.75 bits per heavy atom. The Kier molecular flexibility index (Phi) is 8.57. The molecule has 0 spiro atoms. The van der Waals surface area contributed by atoms with E-state index < -0.39 is 0 Å². The van der Waals surface area contributed by atoms with Gasteiger partial charge in [0.15, 0.2) is 0 Å². The lowest BCUT2D eigenvalue weighted by molar-refractivity contribution is 0.0738. The number of likely N-dealkylation sites (tertiary alicyclic amines) is 2. The first-order chi connectivity index (χ1) is 11.5. The molecule has 0 unspecified atom stereocenters. The molecule has 3 aliphatic rings. The molecule has 3 rings (SSSR count). The van der Waals surface area contributed by atoms with Gasteiger partial charge in [-0.05, 0) is 96.3 Å². The third-order valence-electron chi connectivity index (χ3n) is 7.06. The summed E-state index contributed by atoms with van der Waals surface area (Å²) in [6, 6.07) is 1.74. The van der Waals surface area contributed by atoms with Crippen LogP contribution in [0.25, 0.3) is 0 Å². The van der Waals surface area contributed by atoms with Gasteiger partial charge in [0.1, 0.15) is 0 Å². The van der Waals surface area contributed by atoms with Crippen LogP contribution in [0, 0.1) is 17.8 Å². The maximum Gasteiger partial charge on any atom is 0.00952 e. The molecule has 2 saturated heterocycles. The quantitative estimate of drug-likeness (QED) is 0.676. The zero-order chi connectivity index (χ0) is 17.5. The van der Waals surface area contributed by atoms with Gasteiger partial charge in [0, 0.05) is 12.1 Å². The van der Waals surface area contributed by atoms with Gasteiger partial charge < -0.3 is 9.80 Å². The van der Waals surface area contributed by atoms with Gasteiger partial charge in [-0.25, -0.2) is 0 Å². The maximum atomic E-state index is 2.74. The van der Waals surface area contributed by atoms with Crippen LogP contribution in [-0.2, 0) is 0 Å². The van der Waals surface area contributed by atoms with Gasteiger partial charge in [-0.3, -0.25) is 0 Å². The van der Waals surface area contributed by atoms with Gasteiger partial charge in [-0.2, -0.15) is 0 Å². The SMILES string of the molecule is CC(C)C1CCN(C2CCC2)CC1.CCC1CCN(C(C)C)CC1. The molecule has 2 heterocycles. The summed E-state index contributed by atoms with van der Waals surface area (Å²) in [6.07, 6.45) is 11.6. The second-order valence-electron chi connectivity index (χ2n) is 9.18. The Balaban J connectivity index is 0.000000177. The normalized spacial score (nSPS) is 25.6. The summed E-state index contributed by atoms with van der Waals surface area (Å²) >= 11 is 0. The Morgan fingerprint density at radius 2 is 1.38 bits per heavy atom. The first kappa shape index (κ1) is 20.2. The van der Waals surface area contributed by atoms with E-state index >= 15 is 0 Å². The summed E-state index contributed by atoms with van der Waals surface area (Å²) in [6.45, 7) is 17.1. The largest absolute Gasteiger partial charge is 0.301 e. The van der Waals surface area contributed by atoms with Gasteiger partial charge >= 0.3 is 0 Å². The maximum absolute atomic E-state index is 2.74. The second-order valence-corrected chi connectivity index (χ2v) is 9.18. The van der Waals surface area contributed by atoms with E-state index in [4.69, 9.17) is 0 Å². The van der Waals surface area contributed by atoms with E-state index in [1.54, 1.807) is 0 Å². The Labute approximate surface area is 152 Å². The molecule has 24 heavy (non-hydrogen) atoms. The lowest BCUT2D eigenvalue weighted by Crippen LogP contribution is -2.45. The van der Waals surface area contributed by atoms with Crippen LogP contribution in [0.4, 0.5) is 0 Å². The van der Waals surface area contributed by atoms with E-state index in [1.165, 1.54) is 77.5 Å². The van der Waals surface area contributed by atoms with Crippen molar-refractivity contribution < 1.29 is 0 Å². The molecular formula is C22H44N2. The molecule has 3 fully saturated rings. The summed E-state index contributed by atoms with van der Waals surface area (Å²) in [5, 5.41) is 0. The molecule has 0 aromatic rings. The highest BCUT2D eigenvalue weighted by atomic mass is 15.2. The van der Waals surface area contributed by atoms with Crippen LogP contribution in [0.15, 0.2) is 0 Å². The molecule has 1 aliphatic carbocycles. The van der Waals surface area contributed by atoms with E-state index in [0.717, 1.165) is 29.8 Å². The number of nitrogens with zero attached hydrogens (tertiary/aromatic N) is 2. The fourth-order valence-electron chi connectivity index (χ4n) is 4.58. The average Bonchev–Trinajstić information content (AvgIpc) is 2.54. The minimum absolute atomic E-state index is 0.757. The Bertz CT molecular complexity index is 319. The zero-order valence-corrected chi connectivity index (χ0v) is 17.3. The van der Waals surface area contributed by atoms with Crippen molar-refractivity contribution in [3.05, 3.63) is 0 Å². The molecule has 2 heteroatoms. The van der Waals surface area contributed by atoms with Crippen molar-refractivity contribution in [2.75, 3.05) is 26.2 Å². The molecule has 0 radical (unpaired) electrons. The van der Waals surface area contributed by atoms with E-state index in [9.17, 15) is 0 Å². The van der Waals surface area contributed by atoms with Gasteiger partial charge in [0.25, 0.3) is 0 Å². The lowest BCUT2D eigenvalue weighted by atomic mass is 9.84. The van der Waals surface area contributed by atoms with Crippen molar-refractivity contribution in [1.82, 2.24) is 9.80 Å². The molecule has 2 nitrogen and oxygen atoms in total. The topological polar surface area (TPSA) is 6.48 Å². The van der Waals surface area contributed by atoms with Crippen LogP contribution in [0.3, 0.4) is 0 Å². The van der Waals surface area contributed by atoms with Crippen molar-refractivity contribution in [3.63, 3.8) is 0 Å². The van der Waals surface area contributed by atoms with Gasteiger partial charge in [0.2, 0.25) is 0 Å². The summed E-state index contributed by atoms with van der Waals surface area (Å²) in [7, 11) is 0. The fraction of sp³-hybridized carbons (Fsp3) is 1.00. The third kappa shape index (κ3) is 6.02. The van der Waals surface area contributed by atoms with E-state index in [1.807, 2.05) is 0 Å². The minimum atomic E-state index is 0.757. The molecule has 0 aromatic carbocycles. The average molecular weight is 337 g/mol. The molecule has 0 bridgehead atoms. The van der Waals surface area contributed by atoms with Gasteiger partial charge in [0.05, 0.1) is 0 Å². The minimum Gasteiger partial charge on any atom is -0.301 e. The number of rotatable bonds is 4. The zero-order valence-electron chi connectivity index (χ0n) is 17.3. The third-order valence-corrected chi connectivity index (χ3v) is 7.06. The van der Waals surface area contributed by atoms with Crippen LogP contribution in [0.5, 0.6) is 0 Å². The molecule has 0 N–H and O–H groups in total. The van der Waals surface area contributed by atoms with Gasteiger partial charge in [-0.1, -0.05) is 33.6 Å². The molecule has 0 aromatic heterocycles. The molecule has 2 aliphatic heterocycles. The highest BCUT2D eigenvalue weighted by Crippen LogP contribution is 2.31. The van der Waals surface area contributed by atoms with Gasteiger partial charge in [-0.15, -0.1) is 0 Å². The summed E-state index contributed by atoms with van der Waals surface area (Å²) < 4.78 is 0. The van der Waals surface area contributed by atoms with Crippen LogP contribution in [0.1, 0.15) is 86.0 Å². The predicted octanol–water partition coefficient (Wildman–Crippen LogP) is 5.42. The van der Waals surface area contributed by atoms with Crippen LogP contribution in [0.2, 0.25) is 0 Å². The van der Waals surface area contributed by atoms with Crippen molar-refractivity contribution in [2.24, 2.45) is 17.8 Å². The molecule has 0 atom stereocenters. The summed E-state index contributed by atoms with van der Waals surface area (Å²) in [4.78, 5) is 5.33. The standard InChI is InChI=1S/C12H23N.C10H21N/c1-10(2)11-6-8-13(9-7-11)12-4-3-5-12;1-4-10-5-7-11(8-6-10)9(2)3/h10-12H,3-9H2,1-2H3;9-10H,4-8H2,1-3H3. The van der Waals surface area contributed by atoms with Crippen molar-refractivity contribution in [3.8, 4) is 0 Å². The summed E-state index contributed by atoms with van der Waals surface area (Å²) in [5.74, 6) is 2.94. The second kappa shape index (κ2) is 10.2. The highest BCUT2D eigenvalue weighted by molar-refractivity contribution is 4.84. The van der Waals surface area contributed by atoms with E-state index in [-0.39, 0.29) is 0 Å². The molecule has 1 saturated carbocycles. The number of piperidine rings is 2. The smallest absolute Gasteiger partial charge is 0.00952 e.